The molecule has 0 radical (unpaired) electrons. The van der Waals surface area contributed by atoms with Gasteiger partial charge in [-0.1, -0.05) is 23.7 Å². The number of carbonyl (C=O) groups excluding carboxylic acids is 1. The van der Waals surface area contributed by atoms with Crippen LogP contribution < -0.4 is 4.90 Å². The molecule has 0 N–H and O–H groups in total. The van der Waals surface area contributed by atoms with Gasteiger partial charge in [0.05, 0.1) is 22.4 Å². The summed E-state index contributed by atoms with van der Waals surface area (Å²) in [6, 6.07) is 5.23. The number of likely N-dealkylation sites (N-methyl/N-ethyl adjacent to an activating group) is 1. The molecule has 0 bridgehead atoms. The first-order valence-electron chi connectivity index (χ1n) is 13.4. The van der Waals surface area contributed by atoms with Gasteiger partial charge in [0.1, 0.15) is 14.6 Å². The molecule has 44 heavy (non-hydrogen) atoms. The Morgan fingerprint density at radius 3 is 2.07 bits per heavy atom. The predicted molar refractivity (Wildman–Crippen MR) is 146 cm³/mol. The summed E-state index contributed by atoms with van der Waals surface area (Å²) < 4.78 is 148. The zero-order valence-corrected chi connectivity index (χ0v) is 25.3. The fourth-order valence-corrected chi connectivity index (χ4v) is 10.5. The van der Waals surface area contributed by atoms with Crippen LogP contribution in [0.25, 0.3) is 0 Å². The summed E-state index contributed by atoms with van der Waals surface area (Å²) in [6.45, 7) is -0.482. The summed E-state index contributed by atoms with van der Waals surface area (Å²) in [5.41, 5.74) is -8.07. The molecular formula is C27H26ClF7N2O5S2. The van der Waals surface area contributed by atoms with Crippen LogP contribution in [0.1, 0.15) is 30.4 Å². The van der Waals surface area contributed by atoms with Crippen LogP contribution in [-0.4, -0.2) is 77.7 Å². The number of amides is 1. The predicted octanol–water partition coefficient (Wildman–Crippen LogP) is 5.17. The number of anilines is 1. The number of alkyl halides is 7. The summed E-state index contributed by atoms with van der Waals surface area (Å²) in [4.78, 5) is 16.0. The first kappa shape index (κ1) is 32.8. The van der Waals surface area contributed by atoms with Crippen molar-refractivity contribution in [3.63, 3.8) is 0 Å². The van der Waals surface area contributed by atoms with Gasteiger partial charge in [-0.05, 0) is 55.2 Å². The fourth-order valence-electron chi connectivity index (χ4n) is 6.60. The van der Waals surface area contributed by atoms with Crippen LogP contribution in [0.15, 0.2) is 47.4 Å². The second-order valence-corrected chi connectivity index (χ2v) is 16.3. The average molecular weight is 691 g/mol. The van der Waals surface area contributed by atoms with Crippen LogP contribution >= 0.6 is 11.6 Å². The summed E-state index contributed by atoms with van der Waals surface area (Å²) in [7, 11) is -6.59. The van der Waals surface area contributed by atoms with Crippen molar-refractivity contribution in [2.45, 2.75) is 53.0 Å². The molecule has 3 heterocycles. The van der Waals surface area contributed by atoms with E-state index in [1.165, 1.54) is 41.1 Å². The third-order valence-electron chi connectivity index (χ3n) is 8.92. The Morgan fingerprint density at radius 2 is 1.52 bits per heavy atom. The van der Waals surface area contributed by atoms with Crippen molar-refractivity contribution in [1.29, 1.82) is 0 Å². The first-order chi connectivity index (χ1) is 20.2. The normalized spacial score (nSPS) is 24.6. The van der Waals surface area contributed by atoms with Gasteiger partial charge in [0.2, 0.25) is 5.91 Å². The fraction of sp³-hybridized carbons (Fsp3) is 0.519. The van der Waals surface area contributed by atoms with Crippen LogP contribution in [-0.2, 0) is 34.9 Å². The molecule has 2 atom stereocenters. The van der Waals surface area contributed by atoms with E-state index in [4.69, 9.17) is 11.6 Å². The topological polar surface area (TPSA) is 91.8 Å². The average Bonchev–Trinajstić information content (AvgIpc) is 3.32. The van der Waals surface area contributed by atoms with Crippen LogP contribution in [0.5, 0.6) is 0 Å². The number of rotatable bonds is 4. The maximum Gasteiger partial charge on any atom is 0.435 e. The number of fused-ring (bicyclic) bond motifs is 3. The van der Waals surface area contributed by atoms with E-state index in [-0.39, 0.29) is 71.1 Å². The molecule has 2 saturated heterocycles. The van der Waals surface area contributed by atoms with E-state index in [0.29, 0.717) is 6.07 Å². The second kappa shape index (κ2) is 10.5. The largest absolute Gasteiger partial charge is 0.435 e. The Kier molecular flexibility index (Phi) is 7.81. The smallest absolute Gasteiger partial charge is 0.372 e. The number of halogens is 8. The van der Waals surface area contributed by atoms with Gasteiger partial charge >= 0.3 is 18.0 Å². The number of likely N-dealkylation sites (tertiary alicyclic amines) is 1. The van der Waals surface area contributed by atoms with E-state index in [1.807, 2.05) is 0 Å². The highest BCUT2D eigenvalue weighted by Crippen LogP contribution is 2.57. The first-order valence-corrected chi connectivity index (χ1v) is 17.1. The van der Waals surface area contributed by atoms with Crippen molar-refractivity contribution < 1.29 is 52.4 Å². The minimum Gasteiger partial charge on any atom is -0.372 e. The zero-order valence-electron chi connectivity index (χ0n) is 22.9. The summed E-state index contributed by atoms with van der Waals surface area (Å²) in [6.07, 6.45) is -13.0. The quantitative estimate of drug-likeness (QED) is 0.411. The summed E-state index contributed by atoms with van der Waals surface area (Å²) in [5, 5.41) is 0.195. The number of benzene rings is 2. The molecule has 5 rings (SSSR count). The maximum absolute atomic E-state index is 15.1. The molecule has 0 aromatic heterocycles. The Morgan fingerprint density at radius 1 is 0.955 bits per heavy atom. The lowest BCUT2D eigenvalue weighted by Crippen LogP contribution is -2.58. The van der Waals surface area contributed by atoms with E-state index >= 15 is 4.39 Å². The number of nitrogens with zero attached hydrogens (tertiary/aromatic N) is 2. The minimum atomic E-state index is -6.38. The van der Waals surface area contributed by atoms with Crippen LogP contribution in [0.4, 0.5) is 36.4 Å². The SMILES string of the molecule is CN1CC2N(C(=O)C3CCS(=O)(=O)CC3)CCC2(S(=O)(=O)c2ccc(Cl)cc2)c2ccc(C(F)(C(F)(F)F)C(F)(F)F)cc21. The van der Waals surface area contributed by atoms with Gasteiger partial charge in [-0.3, -0.25) is 4.79 Å². The molecule has 7 nitrogen and oxygen atoms in total. The van der Waals surface area contributed by atoms with E-state index < -0.39 is 65.9 Å². The van der Waals surface area contributed by atoms with Crippen molar-refractivity contribution in [3.05, 3.63) is 58.6 Å². The molecule has 3 aliphatic rings. The highest BCUT2D eigenvalue weighted by molar-refractivity contribution is 7.92. The third kappa shape index (κ3) is 4.86. The van der Waals surface area contributed by atoms with Crippen LogP contribution in [0.2, 0.25) is 5.02 Å². The van der Waals surface area contributed by atoms with Gasteiger partial charge < -0.3 is 9.80 Å². The molecule has 3 aliphatic heterocycles. The van der Waals surface area contributed by atoms with E-state index in [0.717, 1.165) is 6.07 Å². The third-order valence-corrected chi connectivity index (χ3v) is 13.4. The standard InChI is InChI=1S/C27H26ClF7N2O5S2/c1-36-15-22-24(44(41,42)19-5-3-18(28)4-6-19,10-11-37(22)23(38)16-8-12-43(39,40)13-9-16)20-7-2-17(14-21(20)36)25(29,26(30,31)32)27(33,34)35/h2-7,14,16,22H,8-13,15H2,1H3. The van der Waals surface area contributed by atoms with Crippen LogP contribution in [0.3, 0.4) is 0 Å². The molecule has 0 aliphatic carbocycles. The maximum atomic E-state index is 15.1. The molecule has 0 saturated carbocycles. The van der Waals surface area contributed by atoms with Crippen molar-refractivity contribution in [2.75, 3.05) is 36.5 Å². The number of hydrogen-bond donors (Lipinski definition) is 0. The molecule has 242 valence electrons. The molecule has 2 aromatic carbocycles. The van der Waals surface area contributed by atoms with Gasteiger partial charge in [-0.25, -0.2) is 21.2 Å². The highest BCUT2D eigenvalue weighted by atomic mass is 35.5. The molecule has 2 aromatic rings. The zero-order chi connectivity index (χ0) is 32.7. The lowest BCUT2D eigenvalue weighted by molar-refractivity contribution is -0.348. The van der Waals surface area contributed by atoms with Gasteiger partial charge in [-0.2, -0.15) is 26.3 Å². The number of carbonyl (C=O) groups is 1. The van der Waals surface area contributed by atoms with Crippen molar-refractivity contribution in [2.24, 2.45) is 5.92 Å². The van der Waals surface area contributed by atoms with Crippen LogP contribution in [0, 0.1) is 5.92 Å². The Hall–Kier alpha value is -2.59. The Balaban J connectivity index is 1.69. The van der Waals surface area contributed by atoms with Crippen molar-refractivity contribution in [1.82, 2.24) is 4.90 Å². The molecule has 2 fully saturated rings. The van der Waals surface area contributed by atoms with Crippen molar-refractivity contribution in [3.8, 4) is 0 Å². The number of sulfone groups is 2. The Bertz CT molecular complexity index is 1670. The molecule has 17 heteroatoms. The molecular weight excluding hydrogens is 665 g/mol. The van der Waals surface area contributed by atoms with Gasteiger partial charge in [-0.15, -0.1) is 0 Å². The molecule has 0 spiro atoms. The lowest BCUT2D eigenvalue weighted by Gasteiger charge is -2.47. The van der Waals surface area contributed by atoms with E-state index in [2.05, 4.69) is 0 Å². The Labute approximate surface area is 253 Å². The van der Waals surface area contributed by atoms with Gasteiger partial charge in [0.15, 0.2) is 9.84 Å². The summed E-state index contributed by atoms with van der Waals surface area (Å²) >= 11 is 5.95. The van der Waals surface area contributed by atoms with Gasteiger partial charge in [0.25, 0.3) is 0 Å². The highest BCUT2D eigenvalue weighted by Gasteiger charge is 2.74. The molecule has 2 unspecified atom stereocenters. The van der Waals surface area contributed by atoms with E-state index in [1.54, 1.807) is 0 Å². The molecule has 1 amide bonds. The monoisotopic (exact) mass is 690 g/mol. The number of hydrogen-bond acceptors (Lipinski definition) is 6. The lowest BCUT2D eigenvalue weighted by atomic mass is 9.82. The van der Waals surface area contributed by atoms with Gasteiger partial charge in [0, 0.05) is 42.3 Å². The summed E-state index contributed by atoms with van der Waals surface area (Å²) in [5.74, 6) is -1.69. The van der Waals surface area contributed by atoms with E-state index in [9.17, 15) is 48.0 Å². The second-order valence-electron chi connectivity index (χ2n) is 11.3. The van der Waals surface area contributed by atoms with Crippen molar-refractivity contribution >= 4 is 42.9 Å². The minimum absolute atomic E-state index is 0.0184.